The minimum absolute atomic E-state index is 0.0521. The number of anilines is 2. The van der Waals surface area contributed by atoms with Crippen molar-refractivity contribution in [1.29, 1.82) is 0 Å². The van der Waals surface area contributed by atoms with Gasteiger partial charge in [-0.25, -0.2) is 4.98 Å². The molecule has 1 aromatic carbocycles. The van der Waals surface area contributed by atoms with Gasteiger partial charge in [0, 0.05) is 36.4 Å². The van der Waals surface area contributed by atoms with Crippen LogP contribution in [-0.2, 0) is 12.8 Å². The Bertz CT molecular complexity index is 1080. The molecule has 2 aliphatic rings. The van der Waals surface area contributed by atoms with E-state index in [1.165, 1.54) is 24.1 Å². The van der Waals surface area contributed by atoms with Crippen LogP contribution in [0.4, 0.5) is 11.8 Å². The molecule has 6 nitrogen and oxygen atoms in total. The molecule has 2 aromatic heterocycles. The molecule has 0 aliphatic heterocycles. The van der Waals surface area contributed by atoms with Gasteiger partial charge >= 0.3 is 0 Å². The number of fused-ring (bicyclic) bond motifs is 2. The van der Waals surface area contributed by atoms with Gasteiger partial charge in [0.05, 0.1) is 10.6 Å². The van der Waals surface area contributed by atoms with Crippen molar-refractivity contribution in [3.8, 4) is 0 Å². The summed E-state index contributed by atoms with van der Waals surface area (Å²) in [6, 6.07) is 10.7. The lowest BCUT2D eigenvalue weighted by molar-refractivity contribution is 0.0930. The first-order valence-corrected chi connectivity index (χ1v) is 12.5. The third-order valence-electron chi connectivity index (χ3n) is 6.63. The highest BCUT2D eigenvalue weighted by molar-refractivity contribution is 7.20. The summed E-state index contributed by atoms with van der Waals surface area (Å²) >= 11 is 1.57. The highest BCUT2D eigenvalue weighted by Gasteiger charge is 2.25. The van der Waals surface area contributed by atoms with Gasteiger partial charge in [-0.15, -0.1) is 11.3 Å². The summed E-state index contributed by atoms with van der Waals surface area (Å²) in [4.78, 5) is 25.4. The van der Waals surface area contributed by atoms with E-state index < -0.39 is 0 Å². The number of hydrogen-bond acceptors (Lipinski definition) is 6. The minimum atomic E-state index is 0.0521. The number of nitrogens with zero attached hydrogens (tertiary/aromatic N) is 3. The number of hydrogen-bond donors (Lipinski definition) is 2. The van der Waals surface area contributed by atoms with Crippen LogP contribution >= 0.6 is 11.3 Å². The van der Waals surface area contributed by atoms with Crippen molar-refractivity contribution in [1.82, 2.24) is 15.3 Å². The van der Waals surface area contributed by atoms with Crippen LogP contribution in [0.15, 0.2) is 30.3 Å². The van der Waals surface area contributed by atoms with E-state index in [0.29, 0.717) is 6.04 Å². The maximum absolute atomic E-state index is 12.8. The molecule has 2 heterocycles. The zero-order chi connectivity index (χ0) is 22.1. The summed E-state index contributed by atoms with van der Waals surface area (Å²) in [5.74, 6) is 1.87. The lowest BCUT2D eigenvalue weighted by Crippen LogP contribution is -2.40. The quantitative estimate of drug-likeness (QED) is 0.586. The van der Waals surface area contributed by atoms with E-state index in [-0.39, 0.29) is 11.9 Å². The van der Waals surface area contributed by atoms with Gasteiger partial charge in [0.15, 0.2) is 0 Å². The van der Waals surface area contributed by atoms with Crippen LogP contribution < -0.4 is 15.5 Å². The smallest absolute Gasteiger partial charge is 0.261 e. The van der Waals surface area contributed by atoms with E-state index in [2.05, 4.69) is 41.8 Å². The number of amides is 1. The Hall–Kier alpha value is -2.67. The van der Waals surface area contributed by atoms with Crippen LogP contribution in [0.5, 0.6) is 0 Å². The van der Waals surface area contributed by atoms with Crippen molar-refractivity contribution >= 4 is 39.1 Å². The first kappa shape index (κ1) is 21.2. The Morgan fingerprint density at radius 1 is 1.03 bits per heavy atom. The average molecular weight is 450 g/mol. The number of benzene rings is 1. The molecule has 0 bridgehead atoms. The average Bonchev–Trinajstić information content (AvgIpc) is 3.24. The third-order valence-corrected chi connectivity index (χ3v) is 7.74. The third kappa shape index (κ3) is 4.44. The maximum atomic E-state index is 12.8. The lowest BCUT2D eigenvalue weighted by atomic mass is 9.91. The standard InChI is InChI=1S/C25H31N5OS/c1-30(2)23-19-8-4-5-9-20(19)28-25(29-23)27-18-13-11-17(12-14-18)26-24(31)22-15-16-7-3-6-10-21(16)32-22/h3,6-7,10,15,17-18H,4-5,8-9,11-14H2,1-2H3,(H,26,31)(H,27,28,29). The number of rotatable bonds is 5. The largest absolute Gasteiger partial charge is 0.362 e. The van der Waals surface area contributed by atoms with Gasteiger partial charge < -0.3 is 15.5 Å². The summed E-state index contributed by atoms with van der Waals surface area (Å²) < 4.78 is 1.16. The Morgan fingerprint density at radius 3 is 2.56 bits per heavy atom. The molecule has 0 atom stereocenters. The fourth-order valence-corrected chi connectivity index (χ4v) is 5.89. The number of aromatic nitrogens is 2. The summed E-state index contributed by atoms with van der Waals surface area (Å²) in [7, 11) is 4.12. The zero-order valence-electron chi connectivity index (χ0n) is 18.9. The Morgan fingerprint density at radius 2 is 1.78 bits per heavy atom. The predicted octanol–water partition coefficient (Wildman–Crippen LogP) is 4.79. The summed E-state index contributed by atoms with van der Waals surface area (Å²) in [5.41, 5.74) is 2.53. The number of carbonyl (C=O) groups excluding carboxylic acids is 1. The Labute approximate surface area is 193 Å². The first-order valence-electron chi connectivity index (χ1n) is 11.7. The van der Waals surface area contributed by atoms with Gasteiger partial charge in [-0.1, -0.05) is 18.2 Å². The van der Waals surface area contributed by atoms with Gasteiger partial charge in [0.2, 0.25) is 5.95 Å². The van der Waals surface area contributed by atoms with E-state index in [4.69, 9.17) is 9.97 Å². The second-order valence-electron chi connectivity index (χ2n) is 9.21. The van der Waals surface area contributed by atoms with E-state index in [1.807, 2.05) is 18.2 Å². The van der Waals surface area contributed by atoms with Crippen LogP contribution in [0.25, 0.3) is 10.1 Å². The number of aryl methyl sites for hydroxylation is 1. The van der Waals surface area contributed by atoms with Crippen molar-refractivity contribution < 1.29 is 4.79 Å². The van der Waals surface area contributed by atoms with Crippen molar-refractivity contribution in [3.05, 3.63) is 46.5 Å². The highest BCUT2D eigenvalue weighted by atomic mass is 32.1. The molecule has 0 saturated heterocycles. The van der Waals surface area contributed by atoms with Crippen molar-refractivity contribution in [2.45, 2.75) is 63.5 Å². The fourth-order valence-electron chi connectivity index (χ4n) is 4.92. The second kappa shape index (κ2) is 9.06. The monoisotopic (exact) mass is 449 g/mol. The van der Waals surface area contributed by atoms with Crippen molar-refractivity contribution in [2.75, 3.05) is 24.3 Å². The normalized spacial score (nSPS) is 20.6. The molecule has 1 fully saturated rings. The van der Waals surface area contributed by atoms with E-state index >= 15 is 0 Å². The molecule has 0 radical (unpaired) electrons. The topological polar surface area (TPSA) is 70.2 Å². The van der Waals surface area contributed by atoms with E-state index in [9.17, 15) is 4.79 Å². The lowest BCUT2D eigenvalue weighted by Gasteiger charge is -2.30. The molecule has 0 spiro atoms. The van der Waals surface area contributed by atoms with Crippen LogP contribution in [-0.4, -0.2) is 42.1 Å². The first-order chi connectivity index (χ1) is 15.6. The van der Waals surface area contributed by atoms with E-state index in [0.717, 1.165) is 65.3 Å². The minimum Gasteiger partial charge on any atom is -0.362 e. The summed E-state index contributed by atoms with van der Waals surface area (Å²) in [5, 5.41) is 7.98. The molecule has 1 amide bonds. The van der Waals surface area contributed by atoms with Gasteiger partial charge in [-0.3, -0.25) is 4.79 Å². The van der Waals surface area contributed by atoms with E-state index in [1.54, 1.807) is 11.3 Å². The van der Waals surface area contributed by atoms with Gasteiger partial charge in [0.1, 0.15) is 5.82 Å². The molecule has 0 unspecified atom stereocenters. The Balaban J connectivity index is 1.19. The predicted molar refractivity (Wildman–Crippen MR) is 132 cm³/mol. The van der Waals surface area contributed by atoms with Gasteiger partial charge in [0.25, 0.3) is 5.91 Å². The van der Waals surface area contributed by atoms with Crippen LogP contribution in [0.2, 0.25) is 0 Å². The van der Waals surface area contributed by atoms with Crippen LogP contribution in [0, 0.1) is 0 Å². The number of nitrogens with one attached hydrogen (secondary N) is 2. The van der Waals surface area contributed by atoms with Gasteiger partial charge in [-0.05, 0) is 68.9 Å². The molecule has 3 aromatic rings. The molecule has 2 N–H and O–H groups in total. The molecular formula is C25H31N5OS. The van der Waals surface area contributed by atoms with Crippen LogP contribution in [0.3, 0.4) is 0 Å². The highest BCUT2D eigenvalue weighted by Crippen LogP contribution is 2.30. The maximum Gasteiger partial charge on any atom is 0.261 e. The fraction of sp³-hybridized carbons (Fsp3) is 0.480. The molecule has 2 aliphatic carbocycles. The molecule has 168 valence electrons. The summed E-state index contributed by atoms with van der Waals surface area (Å²) in [6.07, 6.45) is 8.52. The van der Waals surface area contributed by atoms with Crippen LogP contribution in [0.1, 0.15) is 59.5 Å². The Kier molecular flexibility index (Phi) is 6.00. The summed E-state index contributed by atoms with van der Waals surface area (Å²) in [6.45, 7) is 0. The molecule has 5 rings (SSSR count). The van der Waals surface area contributed by atoms with Crippen molar-refractivity contribution in [2.24, 2.45) is 0 Å². The number of carbonyl (C=O) groups is 1. The van der Waals surface area contributed by atoms with Crippen molar-refractivity contribution in [3.63, 3.8) is 0 Å². The SMILES string of the molecule is CN(C)c1nc(NC2CCC(NC(=O)c3cc4ccccc4s3)CC2)nc2c1CCCC2. The molecular weight excluding hydrogens is 418 g/mol. The van der Waals surface area contributed by atoms with Gasteiger partial charge in [-0.2, -0.15) is 4.98 Å². The molecule has 1 saturated carbocycles. The zero-order valence-corrected chi connectivity index (χ0v) is 19.7. The number of thiophene rings is 1. The molecule has 7 heteroatoms. The second-order valence-corrected chi connectivity index (χ2v) is 10.3. The molecule has 32 heavy (non-hydrogen) atoms.